The lowest BCUT2D eigenvalue weighted by Crippen LogP contribution is -1.76. The molecule has 3 heterocycles. The quantitative estimate of drug-likeness (QED) is 0.559. The summed E-state index contributed by atoms with van der Waals surface area (Å²) in [4.78, 5) is 18.1. The van der Waals surface area contributed by atoms with Gasteiger partial charge < -0.3 is 4.98 Å². The summed E-state index contributed by atoms with van der Waals surface area (Å²) in [7, 11) is 0. The molecule has 0 bridgehead atoms. The zero-order chi connectivity index (χ0) is 10.3. The molecular formula is C8H7N7. The van der Waals surface area contributed by atoms with E-state index in [4.69, 9.17) is 0 Å². The van der Waals surface area contributed by atoms with E-state index in [0.717, 1.165) is 5.52 Å². The van der Waals surface area contributed by atoms with Crippen LogP contribution in [0.1, 0.15) is 0 Å². The first kappa shape index (κ1) is 9.13. The molecule has 7 heteroatoms. The van der Waals surface area contributed by atoms with Crippen LogP contribution in [0.2, 0.25) is 0 Å². The average molecular weight is 201 g/mol. The maximum atomic E-state index is 3.91. The van der Waals surface area contributed by atoms with Gasteiger partial charge in [-0.2, -0.15) is 5.10 Å². The minimum Gasteiger partial charge on any atom is -0.342 e. The Labute approximate surface area is 84.7 Å². The molecule has 0 amide bonds. The second kappa shape index (κ2) is 4.70. The van der Waals surface area contributed by atoms with Crippen LogP contribution in [0, 0.1) is 0 Å². The minimum absolute atomic E-state index is 0.713. The fraction of sp³-hybridized carbons (Fsp3) is 0. The number of rotatable bonds is 0. The predicted molar refractivity (Wildman–Crippen MR) is 51.5 cm³/mol. The van der Waals surface area contributed by atoms with Gasteiger partial charge in [-0.05, 0) is 0 Å². The summed E-state index contributed by atoms with van der Waals surface area (Å²) in [5, 5.41) is 6.90. The van der Waals surface area contributed by atoms with Gasteiger partial charge in [-0.3, -0.25) is 0 Å². The number of aromatic amines is 1. The highest BCUT2D eigenvalue weighted by Crippen LogP contribution is 1.99. The second-order valence-corrected chi connectivity index (χ2v) is 2.46. The van der Waals surface area contributed by atoms with Gasteiger partial charge in [0, 0.05) is 6.20 Å². The van der Waals surface area contributed by atoms with Crippen LogP contribution < -0.4 is 0 Å². The third-order valence-corrected chi connectivity index (χ3v) is 1.50. The number of fused-ring (bicyclic) bond motifs is 1. The molecular weight excluding hydrogens is 194 g/mol. The van der Waals surface area contributed by atoms with Gasteiger partial charge in [-0.1, -0.05) is 0 Å². The van der Waals surface area contributed by atoms with Gasteiger partial charge in [0.2, 0.25) is 0 Å². The van der Waals surface area contributed by atoms with E-state index in [1.165, 1.54) is 18.9 Å². The second-order valence-electron chi connectivity index (χ2n) is 2.46. The van der Waals surface area contributed by atoms with Crippen LogP contribution in [0.4, 0.5) is 0 Å². The average Bonchev–Trinajstić information content (AvgIpc) is 2.80. The van der Waals surface area contributed by atoms with Crippen LogP contribution in [-0.4, -0.2) is 35.1 Å². The number of hydrogen-bond acceptors (Lipinski definition) is 6. The lowest BCUT2D eigenvalue weighted by molar-refractivity contribution is 0.969. The van der Waals surface area contributed by atoms with Crippen molar-refractivity contribution in [2.45, 2.75) is 0 Å². The van der Waals surface area contributed by atoms with Gasteiger partial charge in [-0.25, -0.2) is 19.9 Å². The van der Waals surface area contributed by atoms with Crippen molar-refractivity contribution in [3.8, 4) is 0 Å². The molecule has 74 valence electrons. The number of nitrogens with zero attached hydrogens (tertiary/aromatic N) is 6. The monoisotopic (exact) mass is 201 g/mol. The van der Waals surface area contributed by atoms with Gasteiger partial charge >= 0.3 is 0 Å². The lowest BCUT2D eigenvalue weighted by Gasteiger charge is -1.80. The van der Waals surface area contributed by atoms with Gasteiger partial charge in [0.15, 0.2) is 5.65 Å². The molecule has 0 spiro atoms. The highest BCUT2D eigenvalue weighted by molar-refractivity contribution is 5.67. The Morgan fingerprint density at radius 1 is 0.933 bits per heavy atom. The number of hydrogen-bond donors (Lipinski definition) is 1. The zero-order valence-corrected chi connectivity index (χ0v) is 7.65. The summed E-state index contributed by atoms with van der Waals surface area (Å²) in [6, 6.07) is 0. The van der Waals surface area contributed by atoms with Crippen LogP contribution in [0.5, 0.6) is 0 Å². The van der Waals surface area contributed by atoms with E-state index in [0.29, 0.717) is 5.65 Å². The van der Waals surface area contributed by atoms with E-state index < -0.39 is 0 Å². The van der Waals surface area contributed by atoms with E-state index in [2.05, 4.69) is 35.1 Å². The van der Waals surface area contributed by atoms with Crippen molar-refractivity contribution < 1.29 is 0 Å². The maximum Gasteiger partial charge on any atom is 0.180 e. The molecule has 0 aliphatic carbocycles. The molecule has 3 rings (SSSR count). The zero-order valence-electron chi connectivity index (χ0n) is 7.65. The first-order valence-electron chi connectivity index (χ1n) is 4.12. The standard InChI is InChI=1S/C5H4N4.C3H3N3/c1-4-5(8-2-6-1)9-3-7-4;1-2-5-6-3-4-1/h1-3H,(H,6,7,8,9);1-3H. The highest BCUT2D eigenvalue weighted by Gasteiger charge is 1.91. The Bertz CT molecular complexity index is 449. The Kier molecular flexibility index (Phi) is 2.86. The van der Waals surface area contributed by atoms with Gasteiger partial charge in [0.1, 0.15) is 18.2 Å². The van der Waals surface area contributed by atoms with E-state index >= 15 is 0 Å². The fourth-order valence-corrected chi connectivity index (χ4v) is 0.896. The van der Waals surface area contributed by atoms with Crippen LogP contribution in [0.3, 0.4) is 0 Å². The van der Waals surface area contributed by atoms with Crippen molar-refractivity contribution >= 4 is 11.2 Å². The number of nitrogens with one attached hydrogen (secondary N) is 1. The molecule has 0 aromatic carbocycles. The van der Waals surface area contributed by atoms with E-state index in [9.17, 15) is 0 Å². The Morgan fingerprint density at radius 3 is 2.53 bits per heavy atom. The van der Waals surface area contributed by atoms with Crippen molar-refractivity contribution in [2.24, 2.45) is 0 Å². The molecule has 0 unspecified atom stereocenters. The molecule has 7 nitrogen and oxygen atoms in total. The third-order valence-electron chi connectivity index (χ3n) is 1.50. The molecule has 0 aliphatic rings. The topological polar surface area (TPSA) is 93.1 Å². The summed E-state index contributed by atoms with van der Waals surface area (Å²) in [5.41, 5.74) is 1.59. The largest absolute Gasteiger partial charge is 0.342 e. The summed E-state index contributed by atoms with van der Waals surface area (Å²) >= 11 is 0. The van der Waals surface area contributed by atoms with Crippen molar-refractivity contribution in [2.75, 3.05) is 0 Å². The molecule has 0 aliphatic heterocycles. The molecule has 0 atom stereocenters. The van der Waals surface area contributed by atoms with Crippen LogP contribution in [0.25, 0.3) is 11.2 Å². The number of imidazole rings is 1. The lowest BCUT2D eigenvalue weighted by atomic mass is 10.6. The van der Waals surface area contributed by atoms with Gasteiger partial charge in [0.25, 0.3) is 0 Å². The first-order chi connectivity index (χ1) is 7.47. The van der Waals surface area contributed by atoms with Gasteiger partial charge in [0.05, 0.1) is 18.7 Å². The number of H-pyrrole nitrogens is 1. The van der Waals surface area contributed by atoms with Crippen molar-refractivity contribution in [1.29, 1.82) is 0 Å². The Hall–Kier alpha value is -2.44. The van der Waals surface area contributed by atoms with Crippen LogP contribution >= 0.6 is 0 Å². The van der Waals surface area contributed by atoms with E-state index in [1.54, 1.807) is 18.7 Å². The Morgan fingerprint density at radius 2 is 1.93 bits per heavy atom. The van der Waals surface area contributed by atoms with Crippen molar-refractivity contribution in [1.82, 2.24) is 35.1 Å². The summed E-state index contributed by atoms with van der Waals surface area (Å²) in [6.07, 6.45) is 9.25. The molecule has 0 fully saturated rings. The van der Waals surface area contributed by atoms with E-state index in [1.807, 2.05) is 0 Å². The maximum absolute atomic E-state index is 3.91. The summed E-state index contributed by atoms with van der Waals surface area (Å²) < 4.78 is 0. The predicted octanol–water partition coefficient (Wildman–Crippen LogP) is 0.224. The minimum atomic E-state index is 0.713. The molecule has 15 heavy (non-hydrogen) atoms. The molecule has 3 aromatic rings. The molecule has 0 saturated carbocycles. The van der Waals surface area contributed by atoms with Crippen LogP contribution in [-0.2, 0) is 0 Å². The smallest absolute Gasteiger partial charge is 0.180 e. The molecule has 3 aromatic heterocycles. The summed E-state index contributed by atoms with van der Waals surface area (Å²) in [6.45, 7) is 0. The van der Waals surface area contributed by atoms with Crippen LogP contribution in [0.15, 0.2) is 37.6 Å². The first-order valence-corrected chi connectivity index (χ1v) is 4.12. The Balaban J connectivity index is 0.000000124. The normalized spacial score (nSPS) is 9.33. The fourth-order valence-electron chi connectivity index (χ4n) is 0.896. The van der Waals surface area contributed by atoms with Crippen molar-refractivity contribution in [3.63, 3.8) is 0 Å². The molecule has 0 radical (unpaired) electrons. The van der Waals surface area contributed by atoms with Crippen molar-refractivity contribution in [3.05, 3.63) is 37.6 Å². The molecule has 1 N–H and O–H groups in total. The highest BCUT2D eigenvalue weighted by atomic mass is 15.1. The third kappa shape index (κ3) is 2.50. The van der Waals surface area contributed by atoms with Gasteiger partial charge in [-0.15, -0.1) is 5.10 Å². The molecule has 0 saturated heterocycles. The number of aromatic nitrogens is 7. The van der Waals surface area contributed by atoms with E-state index in [-0.39, 0.29) is 0 Å². The summed E-state index contributed by atoms with van der Waals surface area (Å²) in [5.74, 6) is 0. The SMILES string of the molecule is c1cnncn1.c1ncc2[nH]cnc2n1.